The highest BCUT2D eigenvalue weighted by Gasteiger charge is 2.26. The average Bonchev–Trinajstić information content (AvgIpc) is 2.63. The molecule has 1 saturated heterocycles. The first kappa shape index (κ1) is 15.3. The Labute approximate surface area is 127 Å². The van der Waals surface area contributed by atoms with Gasteiger partial charge in [0.25, 0.3) is 0 Å². The van der Waals surface area contributed by atoms with Crippen LogP contribution >= 0.6 is 23.1 Å². The van der Waals surface area contributed by atoms with Crippen molar-refractivity contribution in [3.63, 3.8) is 0 Å². The van der Waals surface area contributed by atoms with Gasteiger partial charge in [0, 0.05) is 18.8 Å². The van der Waals surface area contributed by atoms with E-state index in [1.54, 1.807) is 14.0 Å². The first-order chi connectivity index (χ1) is 9.69. The van der Waals surface area contributed by atoms with Crippen molar-refractivity contribution in [2.24, 2.45) is 0 Å². The Morgan fingerprint density at radius 2 is 2.20 bits per heavy atom. The average molecular weight is 316 g/mol. The molecule has 1 fully saturated rings. The van der Waals surface area contributed by atoms with Gasteiger partial charge in [0.05, 0.1) is 13.7 Å². The van der Waals surface area contributed by atoms with E-state index in [1.807, 2.05) is 11.8 Å². The fourth-order valence-electron chi connectivity index (χ4n) is 2.12. The number of ether oxygens (including phenoxy) is 2. The topological polar surface area (TPSA) is 64.8 Å². The second kappa shape index (κ2) is 7.08. The lowest BCUT2D eigenvalue weighted by Gasteiger charge is -2.21. The minimum absolute atomic E-state index is 0.341. The Bertz CT molecular complexity index is 468. The Morgan fingerprint density at radius 3 is 2.90 bits per heavy atom. The first-order valence-corrected chi connectivity index (χ1v) is 8.62. The third kappa shape index (κ3) is 3.15. The Balaban J connectivity index is 2.31. The van der Waals surface area contributed by atoms with Gasteiger partial charge in [-0.25, -0.2) is 4.79 Å². The maximum absolute atomic E-state index is 11.9. The molecule has 1 aromatic rings. The monoisotopic (exact) mass is 316 g/mol. The minimum atomic E-state index is -0.372. The molecular formula is C13H20N2O3S2. The van der Waals surface area contributed by atoms with Crippen molar-refractivity contribution in [3.8, 4) is 5.75 Å². The number of carbonyl (C=O) groups is 1. The number of hydrogen-bond acceptors (Lipinski definition) is 7. The van der Waals surface area contributed by atoms with E-state index in [2.05, 4.69) is 4.90 Å². The molecule has 0 amide bonds. The van der Waals surface area contributed by atoms with Gasteiger partial charge in [0.1, 0.15) is 15.6 Å². The Kier molecular flexibility index (Phi) is 5.42. The van der Waals surface area contributed by atoms with E-state index in [1.165, 1.54) is 17.1 Å². The van der Waals surface area contributed by atoms with Crippen molar-refractivity contribution in [2.45, 2.75) is 13.3 Å². The fraction of sp³-hybridized carbons (Fsp3) is 0.615. The molecule has 5 nitrogen and oxygen atoms in total. The first-order valence-electron chi connectivity index (χ1n) is 6.65. The van der Waals surface area contributed by atoms with Crippen molar-refractivity contribution < 1.29 is 14.3 Å². The summed E-state index contributed by atoms with van der Waals surface area (Å²) >= 11 is 3.32. The SMILES string of the molecule is CCOC(=O)c1sc(N2CCCSCC2)c(OC)c1N. The van der Waals surface area contributed by atoms with Gasteiger partial charge >= 0.3 is 5.97 Å². The molecule has 0 aliphatic carbocycles. The third-order valence-electron chi connectivity index (χ3n) is 3.06. The number of hydrogen-bond donors (Lipinski definition) is 1. The van der Waals surface area contributed by atoms with Crippen LogP contribution in [-0.4, -0.2) is 44.3 Å². The lowest BCUT2D eigenvalue weighted by Crippen LogP contribution is -2.24. The molecule has 112 valence electrons. The van der Waals surface area contributed by atoms with Gasteiger partial charge in [0.2, 0.25) is 0 Å². The molecule has 2 heterocycles. The molecule has 0 saturated carbocycles. The quantitative estimate of drug-likeness (QED) is 0.861. The van der Waals surface area contributed by atoms with Gasteiger partial charge in [-0.3, -0.25) is 0 Å². The number of nitrogen functional groups attached to an aromatic ring is 1. The van der Waals surface area contributed by atoms with Gasteiger partial charge < -0.3 is 20.1 Å². The molecule has 0 aromatic carbocycles. The summed E-state index contributed by atoms with van der Waals surface area (Å²) in [5.74, 6) is 2.48. The van der Waals surface area contributed by atoms with Crippen molar-refractivity contribution in [2.75, 3.05) is 48.9 Å². The van der Waals surface area contributed by atoms with Crippen molar-refractivity contribution in [3.05, 3.63) is 4.88 Å². The van der Waals surface area contributed by atoms with Crippen LogP contribution in [0.15, 0.2) is 0 Å². The lowest BCUT2D eigenvalue weighted by atomic mass is 10.3. The number of rotatable bonds is 4. The number of anilines is 2. The third-order valence-corrected chi connectivity index (χ3v) is 5.33. The van der Waals surface area contributed by atoms with E-state index in [9.17, 15) is 4.79 Å². The summed E-state index contributed by atoms with van der Waals surface area (Å²) in [6.45, 7) is 4.04. The minimum Gasteiger partial charge on any atom is -0.492 e. The van der Waals surface area contributed by atoms with Crippen LogP contribution in [0.1, 0.15) is 23.0 Å². The van der Waals surface area contributed by atoms with Crippen molar-refractivity contribution >= 4 is 39.8 Å². The molecule has 0 unspecified atom stereocenters. The van der Waals surface area contributed by atoms with Crippen LogP contribution in [-0.2, 0) is 4.74 Å². The van der Waals surface area contributed by atoms with E-state index in [-0.39, 0.29) is 5.97 Å². The van der Waals surface area contributed by atoms with E-state index >= 15 is 0 Å². The second-order valence-corrected chi connectivity index (χ2v) is 6.58. The largest absolute Gasteiger partial charge is 0.492 e. The molecule has 1 aliphatic rings. The Hall–Kier alpha value is -1.08. The predicted molar refractivity (Wildman–Crippen MR) is 85.4 cm³/mol. The number of esters is 1. The summed E-state index contributed by atoms with van der Waals surface area (Å²) in [5, 5.41) is 0.940. The number of thiophene rings is 1. The summed E-state index contributed by atoms with van der Waals surface area (Å²) in [6, 6.07) is 0. The zero-order valence-corrected chi connectivity index (χ0v) is 13.4. The standard InChI is InChI=1S/C13H20N2O3S2/c1-3-18-13(16)11-9(14)10(17-2)12(20-11)15-5-4-7-19-8-6-15/h3-8,14H2,1-2H3. The second-order valence-electron chi connectivity index (χ2n) is 4.36. The molecule has 1 aliphatic heterocycles. The summed E-state index contributed by atoms with van der Waals surface area (Å²) in [5.41, 5.74) is 6.44. The van der Waals surface area contributed by atoms with Gasteiger partial charge in [-0.2, -0.15) is 11.8 Å². The van der Waals surface area contributed by atoms with E-state index in [0.29, 0.717) is 22.9 Å². The van der Waals surface area contributed by atoms with Gasteiger partial charge in [-0.15, -0.1) is 11.3 Å². The zero-order valence-electron chi connectivity index (χ0n) is 11.8. The van der Waals surface area contributed by atoms with E-state index < -0.39 is 0 Å². The van der Waals surface area contributed by atoms with Gasteiger partial charge in [0.15, 0.2) is 5.75 Å². The highest BCUT2D eigenvalue weighted by Crippen LogP contribution is 2.45. The van der Waals surface area contributed by atoms with Crippen molar-refractivity contribution in [1.82, 2.24) is 0 Å². The van der Waals surface area contributed by atoms with Crippen LogP contribution in [0.4, 0.5) is 10.7 Å². The molecule has 0 atom stereocenters. The molecule has 1 aromatic heterocycles. The van der Waals surface area contributed by atoms with Crippen LogP contribution in [0, 0.1) is 0 Å². The summed E-state index contributed by atoms with van der Waals surface area (Å²) in [6.07, 6.45) is 1.13. The maximum Gasteiger partial charge on any atom is 0.350 e. The van der Waals surface area contributed by atoms with E-state index in [0.717, 1.165) is 30.3 Å². The van der Waals surface area contributed by atoms with E-state index in [4.69, 9.17) is 15.2 Å². The summed E-state index contributed by atoms with van der Waals surface area (Å²) in [4.78, 5) is 14.6. The number of nitrogens with two attached hydrogens (primary N) is 1. The number of thioether (sulfide) groups is 1. The van der Waals surface area contributed by atoms with Crippen LogP contribution < -0.4 is 15.4 Å². The molecular weight excluding hydrogens is 296 g/mol. The molecule has 0 spiro atoms. The fourth-order valence-corrected chi connectivity index (χ4v) is 4.14. The van der Waals surface area contributed by atoms with Crippen LogP contribution in [0.25, 0.3) is 0 Å². The van der Waals surface area contributed by atoms with Gasteiger partial charge in [-0.1, -0.05) is 0 Å². The summed E-state index contributed by atoms with van der Waals surface area (Å²) < 4.78 is 10.5. The number of methoxy groups -OCH3 is 1. The molecule has 2 rings (SSSR count). The van der Waals surface area contributed by atoms with Crippen molar-refractivity contribution in [1.29, 1.82) is 0 Å². The van der Waals surface area contributed by atoms with Gasteiger partial charge in [-0.05, 0) is 19.1 Å². The zero-order chi connectivity index (χ0) is 14.5. The molecule has 0 bridgehead atoms. The molecule has 20 heavy (non-hydrogen) atoms. The lowest BCUT2D eigenvalue weighted by molar-refractivity contribution is 0.0533. The normalized spacial score (nSPS) is 15.8. The maximum atomic E-state index is 11.9. The smallest absolute Gasteiger partial charge is 0.350 e. The highest BCUT2D eigenvalue weighted by molar-refractivity contribution is 7.99. The predicted octanol–water partition coefficient (Wildman–Crippen LogP) is 2.46. The van der Waals surface area contributed by atoms with Crippen LogP contribution in [0.5, 0.6) is 5.75 Å². The van der Waals surface area contributed by atoms with Crippen LogP contribution in [0.2, 0.25) is 0 Å². The molecule has 0 radical (unpaired) electrons. The molecule has 2 N–H and O–H groups in total. The molecule has 7 heteroatoms. The Morgan fingerprint density at radius 1 is 1.40 bits per heavy atom. The van der Waals surface area contributed by atoms with Crippen LogP contribution in [0.3, 0.4) is 0 Å². The summed E-state index contributed by atoms with van der Waals surface area (Å²) in [7, 11) is 1.59. The number of carbonyl (C=O) groups excluding carboxylic acids is 1. The highest BCUT2D eigenvalue weighted by atomic mass is 32.2. The number of nitrogens with zero attached hydrogens (tertiary/aromatic N) is 1.